The molecule has 0 saturated carbocycles. The smallest absolute Gasteiger partial charge is 0.337 e. The second kappa shape index (κ2) is 8.31. The number of likely N-dealkylation sites (tertiary alicyclic amines) is 1. The van der Waals surface area contributed by atoms with Gasteiger partial charge in [-0.2, -0.15) is 0 Å². The van der Waals surface area contributed by atoms with Gasteiger partial charge in [0.1, 0.15) is 10.2 Å². The summed E-state index contributed by atoms with van der Waals surface area (Å²) in [6.45, 7) is 3.85. The Bertz CT molecular complexity index is 903. The predicted octanol–water partition coefficient (Wildman–Crippen LogP) is 3.43. The second-order valence-corrected chi connectivity index (χ2v) is 8.47. The molecule has 0 radical (unpaired) electrons. The molecule has 1 fully saturated rings. The van der Waals surface area contributed by atoms with Gasteiger partial charge in [-0.3, -0.25) is 4.79 Å². The Balaban J connectivity index is 1.64. The summed E-state index contributed by atoms with van der Waals surface area (Å²) in [6, 6.07) is 8.30. The van der Waals surface area contributed by atoms with Crippen LogP contribution < -0.4 is 0 Å². The third-order valence-corrected chi connectivity index (χ3v) is 6.61. The Kier molecular flexibility index (Phi) is 5.62. The summed E-state index contributed by atoms with van der Waals surface area (Å²) in [5.41, 5.74) is 3.19. The summed E-state index contributed by atoms with van der Waals surface area (Å²) in [6.07, 6.45) is 13.0. The van der Waals surface area contributed by atoms with Crippen molar-refractivity contribution in [2.24, 2.45) is 0 Å². The lowest BCUT2D eigenvalue weighted by Gasteiger charge is -2.22. The van der Waals surface area contributed by atoms with Crippen molar-refractivity contribution < 1.29 is 14.2 Å². The van der Waals surface area contributed by atoms with Crippen LogP contribution in [-0.4, -0.2) is 51.9 Å². The summed E-state index contributed by atoms with van der Waals surface area (Å²) in [4.78, 5) is 28.5. The van der Waals surface area contributed by atoms with Crippen LogP contribution in [0.1, 0.15) is 30.9 Å². The van der Waals surface area contributed by atoms with Crippen LogP contribution in [-0.2, 0) is 16.0 Å². The molecular weight excluding hydrogens is 368 g/mol. The molecule has 1 aliphatic carbocycles. The molecule has 1 aromatic rings. The van der Waals surface area contributed by atoms with Gasteiger partial charge in [0.15, 0.2) is 0 Å². The molecule has 4 nitrogen and oxygen atoms in total. The van der Waals surface area contributed by atoms with E-state index in [-0.39, 0.29) is 23.6 Å². The van der Waals surface area contributed by atoms with Gasteiger partial charge in [0.25, 0.3) is 5.91 Å². The molecule has 2 heterocycles. The SMILES string of the molecule is CCc1ccc(/C=C2/SC3C=CC=CC3=[N+](CC(=O)N3CCCC3)C2=O)cc1. The third kappa shape index (κ3) is 3.90. The van der Waals surface area contributed by atoms with Gasteiger partial charge in [-0.05, 0) is 36.5 Å². The number of amides is 2. The maximum atomic E-state index is 13.2. The summed E-state index contributed by atoms with van der Waals surface area (Å²) in [5.74, 6) is -0.0399. The van der Waals surface area contributed by atoms with Crippen molar-refractivity contribution in [3.8, 4) is 0 Å². The molecule has 1 saturated heterocycles. The lowest BCUT2D eigenvalue weighted by Crippen LogP contribution is -2.44. The highest BCUT2D eigenvalue weighted by molar-refractivity contribution is 8.05. The van der Waals surface area contributed by atoms with Crippen LogP contribution in [0.15, 0.2) is 53.5 Å². The van der Waals surface area contributed by atoms with Gasteiger partial charge in [0.2, 0.25) is 12.3 Å². The first-order valence-electron chi connectivity index (χ1n) is 9.94. The van der Waals surface area contributed by atoms with Crippen molar-refractivity contribution in [1.29, 1.82) is 0 Å². The second-order valence-electron chi connectivity index (χ2n) is 7.29. The number of carbonyl (C=O) groups is 2. The highest BCUT2D eigenvalue weighted by atomic mass is 32.2. The van der Waals surface area contributed by atoms with E-state index in [4.69, 9.17) is 0 Å². The zero-order valence-electron chi connectivity index (χ0n) is 16.1. The molecule has 4 rings (SSSR count). The zero-order chi connectivity index (χ0) is 19.5. The fraction of sp³-hybridized carbons (Fsp3) is 0.348. The number of thioether (sulfide) groups is 1. The maximum Gasteiger partial charge on any atom is 0.426 e. The standard InChI is InChI=1S/C23H25N2O2S/c1-2-17-9-11-18(12-10-17)15-21-23(27)25(16-22(26)24-13-5-6-14-24)19-7-3-4-8-20(19)28-21/h3-4,7-12,15,20H,2,5-6,13-14,16H2,1H3/q+1/b21-15+. The number of carbonyl (C=O) groups excluding carboxylic acids is 2. The Labute approximate surface area is 170 Å². The molecule has 0 bridgehead atoms. The van der Waals surface area contributed by atoms with Crippen LogP contribution in [0.5, 0.6) is 0 Å². The van der Waals surface area contributed by atoms with Crippen molar-refractivity contribution in [3.05, 3.63) is 64.6 Å². The monoisotopic (exact) mass is 393 g/mol. The maximum absolute atomic E-state index is 13.2. The first kappa shape index (κ1) is 18.9. The molecule has 2 amide bonds. The molecule has 144 valence electrons. The molecular formula is C23H25N2O2S+. The number of rotatable bonds is 4. The van der Waals surface area contributed by atoms with E-state index in [1.807, 2.05) is 29.2 Å². The number of aryl methyl sites for hydroxylation is 1. The number of allylic oxidation sites excluding steroid dienone is 3. The van der Waals surface area contributed by atoms with Gasteiger partial charge >= 0.3 is 5.91 Å². The minimum Gasteiger partial charge on any atom is -0.337 e. The Morgan fingerprint density at radius 2 is 1.96 bits per heavy atom. The van der Waals surface area contributed by atoms with Crippen molar-refractivity contribution >= 4 is 35.4 Å². The van der Waals surface area contributed by atoms with Crippen molar-refractivity contribution in [3.63, 3.8) is 0 Å². The van der Waals surface area contributed by atoms with Gasteiger partial charge in [-0.15, -0.1) is 4.58 Å². The predicted molar refractivity (Wildman–Crippen MR) is 114 cm³/mol. The van der Waals surface area contributed by atoms with E-state index in [0.29, 0.717) is 4.91 Å². The topological polar surface area (TPSA) is 40.4 Å². The van der Waals surface area contributed by atoms with E-state index in [1.54, 1.807) is 16.3 Å². The molecule has 3 aliphatic rings. The molecule has 2 aliphatic heterocycles. The molecule has 5 heteroatoms. The average molecular weight is 394 g/mol. The van der Waals surface area contributed by atoms with E-state index >= 15 is 0 Å². The van der Waals surface area contributed by atoms with Crippen molar-refractivity contribution in [2.75, 3.05) is 19.6 Å². The summed E-state index contributed by atoms with van der Waals surface area (Å²) in [5, 5.41) is 0.0650. The van der Waals surface area contributed by atoms with Crippen LogP contribution in [0.4, 0.5) is 0 Å². The minimum atomic E-state index is -0.0803. The molecule has 0 spiro atoms. The van der Waals surface area contributed by atoms with Crippen LogP contribution >= 0.6 is 11.8 Å². The van der Waals surface area contributed by atoms with Gasteiger partial charge in [0, 0.05) is 19.2 Å². The van der Waals surface area contributed by atoms with E-state index in [9.17, 15) is 9.59 Å². The number of hydrogen-bond acceptors (Lipinski definition) is 3. The number of nitrogens with zero attached hydrogens (tertiary/aromatic N) is 2. The summed E-state index contributed by atoms with van der Waals surface area (Å²) >= 11 is 1.56. The average Bonchev–Trinajstić information content (AvgIpc) is 3.26. The highest BCUT2D eigenvalue weighted by Crippen LogP contribution is 2.33. The Hall–Kier alpha value is -2.40. The summed E-state index contributed by atoms with van der Waals surface area (Å²) in [7, 11) is 0. The van der Waals surface area contributed by atoms with Crippen LogP contribution in [0.2, 0.25) is 0 Å². The number of benzene rings is 1. The number of fused-ring (bicyclic) bond motifs is 1. The van der Waals surface area contributed by atoms with Crippen molar-refractivity contribution in [2.45, 2.75) is 31.4 Å². The Morgan fingerprint density at radius 1 is 1.21 bits per heavy atom. The van der Waals surface area contributed by atoms with Crippen LogP contribution in [0.3, 0.4) is 0 Å². The fourth-order valence-electron chi connectivity index (χ4n) is 3.75. The zero-order valence-corrected chi connectivity index (χ0v) is 17.0. The third-order valence-electron chi connectivity index (χ3n) is 5.41. The van der Waals surface area contributed by atoms with Gasteiger partial charge in [0.05, 0.1) is 0 Å². The van der Waals surface area contributed by atoms with E-state index < -0.39 is 0 Å². The first-order valence-corrected chi connectivity index (χ1v) is 10.8. The normalized spacial score (nSPS) is 22.9. The molecule has 1 aromatic carbocycles. The van der Waals surface area contributed by atoms with Gasteiger partial charge in [-0.25, -0.2) is 4.79 Å². The van der Waals surface area contributed by atoms with Crippen LogP contribution in [0, 0.1) is 0 Å². The van der Waals surface area contributed by atoms with E-state index in [2.05, 4.69) is 37.3 Å². The Morgan fingerprint density at radius 3 is 2.68 bits per heavy atom. The highest BCUT2D eigenvalue weighted by Gasteiger charge is 2.40. The summed E-state index contributed by atoms with van der Waals surface area (Å²) < 4.78 is 1.67. The fourth-order valence-corrected chi connectivity index (χ4v) is 4.94. The number of hydrogen-bond donors (Lipinski definition) is 0. The largest absolute Gasteiger partial charge is 0.426 e. The van der Waals surface area contributed by atoms with Gasteiger partial charge in [-0.1, -0.05) is 61.2 Å². The molecule has 0 aromatic heterocycles. The lowest BCUT2D eigenvalue weighted by molar-refractivity contribution is -0.435. The minimum absolute atomic E-state index is 0.0404. The van der Waals surface area contributed by atoms with Crippen molar-refractivity contribution in [1.82, 2.24) is 4.90 Å². The first-order chi connectivity index (χ1) is 13.7. The quantitative estimate of drug-likeness (QED) is 0.581. The molecule has 0 N–H and O–H groups in total. The molecule has 28 heavy (non-hydrogen) atoms. The van der Waals surface area contributed by atoms with E-state index in [1.165, 1.54) is 5.56 Å². The van der Waals surface area contributed by atoms with E-state index in [0.717, 1.165) is 43.6 Å². The van der Waals surface area contributed by atoms with Gasteiger partial charge < -0.3 is 4.90 Å². The molecule has 1 atom stereocenters. The molecule has 1 unspecified atom stereocenters. The van der Waals surface area contributed by atoms with Crippen LogP contribution in [0.25, 0.3) is 6.08 Å². The lowest BCUT2D eigenvalue weighted by atomic mass is 10.1.